The molecule has 7 atom stereocenters. The molecule has 172 valence electrons. The highest BCUT2D eigenvalue weighted by Gasteiger charge is 2.47. The van der Waals surface area contributed by atoms with Gasteiger partial charge < -0.3 is 29.9 Å². The van der Waals surface area contributed by atoms with Gasteiger partial charge in [-0.15, -0.1) is 0 Å². The van der Waals surface area contributed by atoms with Crippen LogP contribution < -0.4 is 4.74 Å². The summed E-state index contributed by atoms with van der Waals surface area (Å²) in [7, 11) is 0. The molecule has 1 heterocycles. The van der Waals surface area contributed by atoms with Gasteiger partial charge in [-0.05, 0) is 72.4 Å². The maximum atomic E-state index is 10.4. The summed E-state index contributed by atoms with van der Waals surface area (Å²) >= 11 is 6.43. The van der Waals surface area contributed by atoms with Crippen molar-refractivity contribution in [2.45, 2.75) is 62.3 Å². The van der Waals surface area contributed by atoms with Crippen LogP contribution in [0.2, 0.25) is 5.02 Å². The summed E-state index contributed by atoms with van der Waals surface area (Å²) in [5, 5.41) is 40.6. The van der Waals surface area contributed by atoms with Gasteiger partial charge in [-0.2, -0.15) is 0 Å². The van der Waals surface area contributed by atoms with Gasteiger partial charge in [0.05, 0.1) is 12.7 Å². The third-order valence-electron chi connectivity index (χ3n) is 7.11. The van der Waals surface area contributed by atoms with Gasteiger partial charge >= 0.3 is 0 Å². The van der Waals surface area contributed by atoms with E-state index in [1.54, 1.807) is 12.1 Å². The number of halogens is 1. The molecule has 5 rings (SSSR count). The molecule has 2 saturated carbocycles. The number of hydrogen-bond donors (Lipinski definition) is 4. The maximum Gasteiger partial charge on any atom is 0.119 e. The van der Waals surface area contributed by atoms with Gasteiger partial charge in [-0.25, -0.2) is 0 Å². The van der Waals surface area contributed by atoms with Gasteiger partial charge in [0.15, 0.2) is 0 Å². The Morgan fingerprint density at radius 2 is 1.62 bits per heavy atom. The highest BCUT2D eigenvalue weighted by Crippen LogP contribution is 2.52. The molecule has 1 aliphatic heterocycles. The topological polar surface area (TPSA) is 99.4 Å². The molecule has 2 aliphatic carbocycles. The lowest BCUT2D eigenvalue weighted by molar-refractivity contribution is -0.231. The minimum absolute atomic E-state index is 0.342. The summed E-state index contributed by atoms with van der Waals surface area (Å²) in [5.41, 5.74) is 2.55. The van der Waals surface area contributed by atoms with E-state index < -0.39 is 37.1 Å². The zero-order valence-electron chi connectivity index (χ0n) is 17.7. The van der Waals surface area contributed by atoms with Gasteiger partial charge in [0, 0.05) is 5.02 Å². The molecule has 1 saturated heterocycles. The van der Waals surface area contributed by atoms with Crippen LogP contribution in [0.5, 0.6) is 5.75 Å². The van der Waals surface area contributed by atoms with Crippen molar-refractivity contribution >= 4 is 11.6 Å². The van der Waals surface area contributed by atoms with Crippen LogP contribution in [0.3, 0.4) is 0 Å². The monoisotopic (exact) mass is 460 g/mol. The van der Waals surface area contributed by atoms with Crippen LogP contribution in [0.1, 0.15) is 42.1 Å². The van der Waals surface area contributed by atoms with E-state index in [1.807, 2.05) is 30.3 Å². The molecule has 6 nitrogen and oxygen atoms in total. The zero-order valence-corrected chi connectivity index (χ0v) is 18.4. The molecular formula is C25H29ClO6. The molecule has 0 aromatic heterocycles. The quantitative estimate of drug-likeness (QED) is 0.529. The average Bonchev–Trinajstić information content (AvgIpc) is 3.41. The summed E-state index contributed by atoms with van der Waals surface area (Å²) in [6.45, 7) is -0.460. The van der Waals surface area contributed by atoms with E-state index >= 15 is 0 Å². The molecule has 0 spiro atoms. The SMILES string of the molecule is OC[C@H]1O[C@@H](c2ccc(Cl)c(Cc3ccc(OC4CC5CC5C4)cc3)c2)[C@H](O)[C@@H](O)[C@@H]1O. The van der Waals surface area contributed by atoms with Crippen LogP contribution >= 0.6 is 11.6 Å². The van der Waals surface area contributed by atoms with Crippen LogP contribution in [0.15, 0.2) is 42.5 Å². The second-order valence-electron chi connectivity index (χ2n) is 9.39. The van der Waals surface area contributed by atoms with E-state index in [0.29, 0.717) is 23.1 Å². The first-order chi connectivity index (χ1) is 15.4. The number of aliphatic hydroxyl groups excluding tert-OH is 4. The molecule has 2 unspecified atom stereocenters. The minimum atomic E-state index is -1.41. The Morgan fingerprint density at radius 3 is 2.31 bits per heavy atom. The number of benzene rings is 2. The minimum Gasteiger partial charge on any atom is -0.490 e. The van der Waals surface area contributed by atoms with Crippen molar-refractivity contribution in [3.05, 3.63) is 64.2 Å². The van der Waals surface area contributed by atoms with Crippen molar-refractivity contribution < 1.29 is 29.9 Å². The Bertz CT molecular complexity index is 938. The van der Waals surface area contributed by atoms with Gasteiger partial charge in [0.25, 0.3) is 0 Å². The molecule has 32 heavy (non-hydrogen) atoms. The Hall–Kier alpha value is -1.67. The van der Waals surface area contributed by atoms with Crippen molar-refractivity contribution in [1.29, 1.82) is 0 Å². The van der Waals surface area contributed by atoms with Crippen LogP contribution in [0.4, 0.5) is 0 Å². The Kier molecular flexibility index (Phi) is 6.18. The molecular weight excluding hydrogens is 432 g/mol. The van der Waals surface area contributed by atoms with Crippen molar-refractivity contribution in [3.63, 3.8) is 0 Å². The standard InChI is InChI=1S/C25H29ClO6/c26-20-6-3-14(25-24(30)23(29)22(28)21(12-27)32-25)8-17(20)7-13-1-4-18(5-2-13)31-19-10-15-9-16(15)11-19/h1-6,8,15-16,19,21-25,27-30H,7,9-12H2/t15?,16?,19?,21-,22-,23+,24-,25+/m1/s1. The first-order valence-electron chi connectivity index (χ1n) is 11.3. The fourth-order valence-corrected chi connectivity index (χ4v) is 5.32. The normalized spacial score (nSPS) is 36.0. The fraction of sp³-hybridized carbons (Fsp3) is 0.520. The summed E-state index contributed by atoms with van der Waals surface area (Å²) in [5.74, 6) is 2.66. The van der Waals surface area contributed by atoms with Crippen molar-refractivity contribution in [3.8, 4) is 5.75 Å². The van der Waals surface area contributed by atoms with Crippen LogP contribution in [-0.2, 0) is 11.2 Å². The molecule has 2 aromatic carbocycles. The van der Waals surface area contributed by atoms with E-state index in [0.717, 1.165) is 28.7 Å². The molecule has 4 N–H and O–H groups in total. The van der Waals surface area contributed by atoms with Gasteiger partial charge in [0.1, 0.15) is 36.3 Å². The Labute approximate surface area is 192 Å². The van der Waals surface area contributed by atoms with Gasteiger partial charge in [-0.3, -0.25) is 0 Å². The maximum absolute atomic E-state index is 10.4. The summed E-state index contributed by atoms with van der Waals surface area (Å²) in [4.78, 5) is 0. The Morgan fingerprint density at radius 1 is 0.906 bits per heavy atom. The predicted octanol–water partition coefficient (Wildman–Crippen LogP) is 2.62. The smallest absolute Gasteiger partial charge is 0.119 e. The van der Waals surface area contributed by atoms with Crippen LogP contribution in [0, 0.1) is 11.8 Å². The summed E-state index contributed by atoms with van der Waals surface area (Å²) < 4.78 is 11.8. The first-order valence-corrected chi connectivity index (χ1v) is 11.6. The van der Waals surface area contributed by atoms with Crippen LogP contribution in [0.25, 0.3) is 0 Å². The number of hydrogen-bond acceptors (Lipinski definition) is 6. The third kappa shape index (κ3) is 4.40. The number of ether oxygens (including phenoxy) is 2. The van der Waals surface area contributed by atoms with E-state index in [1.165, 1.54) is 19.3 Å². The van der Waals surface area contributed by atoms with Gasteiger partial charge in [0.2, 0.25) is 0 Å². The molecule has 7 heteroatoms. The molecule has 2 aromatic rings. The lowest BCUT2D eigenvalue weighted by Crippen LogP contribution is -2.55. The second kappa shape index (κ2) is 8.93. The number of aliphatic hydroxyl groups is 4. The van der Waals surface area contributed by atoms with E-state index in [9.17, 15) is 20.4 Å². The van der Waals surface area contributed by atoms with E-state index in [4.69, 9.17) is 21.1 Å². The van der Waals surface area contributed by atoms with Crippen molar-refractivity contribution in [2.24, 2.45) is 11.8 Å². The molecule has 0 amide bonds. The molecule has 0 bridgehead atoms. The van der Waals surface area contributed by atoms with E-state index in [-0.39, 0.29) is 0 Å². The van der Waals surface area contributed by atoms with Crippen molar-refractivity contribution in [2.75, 3.05) is 6.61 Å². The number of fused-ring (bicyclic) bond motifs is 1. The Balaban J connectivity index is 1.28. The largest absolute Gasteiger partial charge is 0.490 e. The lowest BCUT2D eigenvalue weighted by atomic mass is 9.90. The summed E-state index contributed by atoms with van der Waals surface area (Å²) in [6, 6.07) is 13.3. The van der Waals surface area contributed by atoms with E-state index in [2.05, 4.69) is 0 Å². The van der Waals surface area contributed by atoms with Crippen LogP contribution in [-0.4, -0.2) is 57.6 Å². The molecule has 3 fully saturated rings. The first kappa shape index (κ1) is 22.1. The lowest BCUT2D eigenvalue weighted by Gasteiger charge is -2.40. The zero-order chi connectivity index (χ0) is 22.4. The van der Waals surface area contributed by atoms with Gasteiger partial charge in [-0.1, -0.05) is 35.9 Å². The fourth-order valence-electron chi connectivity index (χ4n) is 5.14. The molecule has 0 radical (unpaired) electrons. The van der Waals surface area contributed by atoms with Crippen molar-refractivity contribution in [1.82, 2.24) is 0 Å². The highest BCUT2D eigenvalue weighted by molar-refractivity contribution is 6.31. The average molecular weight is 461 g/mol. The third-order valence-corrected chi connectivity index (χ3v) is 7.48. The predicted molar refractivity (Wildman–Crippen MR) is 119 cm³/mol. The highest BCUT2D eigenvalue weighted by atomic mass is 35.5. The second-order valence-corrected chi connectivity index (χ2v) is 9.80. The molecule has 3 aliphatic rings. The number of rotatable bonds is 6. The summed E-state index contributed by atoms with van der Waals surface area (Å²) in [6.07, 6.45) is -1.30.